The Morgan fingerprint density at radius 2 is 1.12 bits per heavy atom. The molecule has 0 bridgehead atoms. The van der Waals surface area contributed by atoms with Gasteiger partial charge in [-0.1, -0.05) is 54.1 Å². The van der Waals surface area contributed by atoms with Crippen molar-refractivity contribution >= 4 is 19.6 Å². The molecule has 0 atom stereocenters. The zero-order valence-corrected chi connectivity index (χ0v) is 15.3. The van der Waals surface area contributed by atoms with Gasteiger partial charge in [0.15, 0.2) is 0 Å². The van der Waals surface area contributed by atoms with E-state index in [1.165, 1.54) is 12.1 Å². The molecule has 128 valence electrons. The van der Waals surface area contributed by atoms with Crippen LogP contribution in [0.1, 0.15) is 5.56 Å². The third kappa shape index (κ3) is 3.65. The Bertz CT molecular complexity index is 1040. The van der Waals surface area contributed by atoms with Gasteiger partial charge in [0.05, 0.1) is 4.90 Å². The second kappa shape index (κ2) is 6.82. The zero-order valence-electron chi connectivity index (χ0n) is 13.7. The summed E-state index contributed by atoms with van der Waals surface area (Å²) >= 11 is 0. The van der Waals surface area contributed by atoms with Gasteiger partial charge in [0.2, 0.25) is 0 Å². The molecule has 0 fully saturated rings. The lowest BCUT2D eigenvalue weighted by molar-refractivity contribution is 0.598. The van der Waals surface area contributed by atoms with E-state index in [4.69, 9.17) is 4.78 Å². The van der Waals surface area contributed by atoms with Gasteiger partial charge < -0.3 is 0 Å². The quantitative estimate of drug-likeness (QED) is 0.709. The standard InChI is InChI=1S/C19H18N2O2S2/c1-16-12-14-19(15-13-16)25(22,23)21-24(20,17-8-4-2-5-9-17)18-10-6-3-7-11-18/h2-15,20H,1H3. The molecular weight excluding hydrogens is 352 g/mol. The van der Waals surface area contributed by atoms with Crippen LogP contribution in [0.3, 0.4) is 0 Å². The highest BCUT2D eigenvalue weighted by Crippen LogP contribution is 2.27. The molecule has 1 N–H and O–H groups in total. The summed E-state index contributed by atoms with van der Waals surface area (Å²) in [5, 5.41) is 0. The first-order valence-electron chi connectivity index (χ1n) is 7.66. The molecule has 3 rings (SSSR count). The summed E-state index contributed by atoms with van der Waals surface area (Å²) in [6.45, 7) is 1.89. The number of hydrogen-bond acceptors (Lipinski definition) is 3. The minimum absolute atomic E-state index is 0.106. The molecule has 3 aromatic rings. The van der Waals surface area contributed by atoms with Crippen molar-refractivity contribution in [2.75, 3.05) is 0 Å². The van der Waals surface area contributed by atoms with Crippen molar-refractivity contribution in [3.63, 3.8) is 0 Å². The molecule has 0 amide bonds. The van der Waals surface area contributed by atoms with Crippen molar-refractivity contribution in [3.05, 3.63) is 90.5 Å². The van der Waals surface area contributed by atoms with E-state index in [1.807, 2.05) is 19.1 Å². The fourth-order valence-electron chi connectivity index (χ4n) is 2.36. The van der Waals surface area contributed by atoms with E-state index in [0.29, 0.717) is 9.79 Å². The number of nitrogens with zero attached hydrogens (tertiary/aromatic N) is 1. The van der Waals surface area contributed by atoms with Crippen LogP contribution >= 0.6 is 0 Å². The summed E-state index contributed by atoms with van der Waals surface area (Å²) in [5.74, 6) is 0. The van der Waals surface area contributed by atoms with Gasteiger partial charge in [-0.2, -0.15) is 8.42 Å². The van der Waals surface area contributed by atoms with Crippen molar-refractivity contribution in [2.45, 2.75) is 21.6 Å². The Balaban J connectivity index is 2.27. The van der Waals surface area contributed by atoms with Crippen LogP contribution in [-0.4, -0.2) is 8.42 Å². The average Bonchev–Trinajstić information content (AvgIpc) is 2.63. The molecule has 0 aliphatic heterocycles. The van der Waals surface area contributed by atoms with Crippen LogP contribution in [0.2, 0.25) is 0 Å². The first-order valence-corrected chi connectivity index (χ1v) is 10.7. The highest BCUT2D eigenvalue weighted by molar-refractivity contribution is 8.04. The minimum Gasteiger partial charge on any atom is -0.260 e. The number of benzene rings is 3. The molecule has 0 aliphatic carbocycles. The van der Waals surface area contributed by atoms with Crippen molar-refractivity contribution in [3.8, 4) is 0 Å². The highest BCUT2D eigenvalue weighted by atomic mass is 32.3. The van der Waals surface area contributed by atoms with Gasteiger partial charge in [-0.05, 0) is 43.3 Å². The normalized spacial score (nSPS) is 11.9. The molecule has 4 nitrogen and oxygen atoms in total. The highest BCUT2D eigenvalue weighted by Gasteiger charge is 2.19. The number of sulfonamides is 1. The van der Waals surface area contributed by atoms with E-state index in [0.717, 1.165) is 5.56 Å². The second-order valence-corrected chi connectivity index (χ2v) is 9.69. The summed E-state index contributed by atoms with van der Waals surface area (Å²) in [5.41, 5.74) is 0.967. The third-order valence-corrected chi connectivity index (χ3v) is 8.15. The van der Waals surface area contributed by atoms with Gasteiger partial charge in [0, 0.05) is 19.4 Å². The van der Waals surface area contributed by atoms with Crippen LogP contribution in [0.15, 0.2) is 103 Å². The predicted molar refractivity (Wildman–Crippen MR) is 100 cm³/mol. The third-order valence-electron chi connectivity index (χ3n) is 3.70. The minimum atomic E-state index is -3.96. The Kier molecular flexibility index (Phi) is 4.74. The Morgan fingerprint density at radius 3 is 1.56 bits per heavy atom. The van der Waals surface area contributed by atoms with Gasteiger partial charge in [0.1, 0.15) is 0 Å². The van der Waals surface area contributed by atoms with E-state index in [9.17, 15) is 8.42 Å². The fourth-order valence-corrected chi connectivity index (χ4v) is 6.42. The lowest BCUT2D eigenvalue weighted by atomic mass is 10.2. The summed E-state index contributed by atoms with van der Waals surface area (Å²) < 4.78 is 38.8. The van der Waals surface area contributed by atoms with Crippen LogP contribution in [0.25, 0.3) is 0 Å². The van der Waals surface area contributed by atoms with E-state index < -0.39 is 19.6 Å². The molecule has 6 heteroatoms. The topological polar surface area (TPSA) is 70.3 Å². The summed E-state index contributed by atoms with van der Waals surface area (Å²) in [4.78, 5) is 1.27. The summed E-state index contributed by atoms with van der Waals surface area (Å²) in [7, 11) is -6.78. The van der Waals surface area contributed by atoms with E-state index in [-0.39, 0.29) is 4.90 Å². The largest absolute Gasteiger partial charge is 0.289 e. The molecule has 3 aromatic carbocycles. The fraction of sp³-hybridized carbons (Fsp3) is 0.0526. The first kappa shape index (κ1) is 17.4. The molecule has 0 saturated carbocycles. The monoisotopic (exact) mass is 370 g/mol. The maximum atomic E-state index is 12.8. The summed E-state index contributed by atoms with van der Waals surface area (Å²) in [6.07, 6.45) is 0. The SMILES string of the molecule is Cc1ccc(S(=O)(=O)N=S(=N)(c2ccccc2)c2ccccc2)cc1. The van der Waals surface area contributed by atoms with Gasteiger partial charge in [-0.3, -0.25) is 4.78 Å². The van der Waals surface area contributed by atoms with Gasteiger partial charge >= 0.3 is 0 Å². The molecule has 0 spiro atoms. The second-order valence-electron chi connectivity index (χ2n) is 5.57. The van der Waals surface area contributed by atoms with Crippen LogP contribution in [0.5, 0.6) is 0 Å². The van der Waals surface area contributed by atoms with Crippen molar-refractivity contribution in [2.24, 2.45) is 3.77 Å². The van der Waals surface area contributed by atoms with Crippen molar-refractivity contribution in [1.82, 2.24) is 0 Å². The maximum absolute atomic E-state index is 12.8. The maximum Gasteiger partial charge on any atom is 0.289 e. The lowest BCUT2D eigenvalue weighted by Gasteiger charge is -2.14. The smallest absolute Gasteiger partial charge is 0.260 e. The Morgan fingerprint density at radius 1 is 0.680 bits per heavy atom. The molecule has 0 radical (unpaired) electrons. The number of rotatable bonds is 4. The van der Waals surface area contributed by atoms with E-state index in [2.05, 4.69) is 3.77 Å². The zero-order chi connectivity index (χ0) is 17.9. The Labute approximate surface area is 148 Å². The molecule has 0 saturated heterocycles. The number of aryl methyl sites for hydroxylation is 1. The molecular formula is C19H18N2O2S2. The van der Waals surface area contributed by atoms with E-state index in [1.54, 1.807) is 60.7 Å². The molecule has 0 unspecified atom stereocenters. The molecule has 0 heterocycles. The summed E-state index contributed by atoms with van der Waals surface area (Å²) in [6, 6.07) is 24.4. The van der Waals surface area contributed by atoms with E-state index >= 15 is 0 Å². The molecule has 0 aliphatic rings. The molecule has 0 aromatic heterocycles. The van der Waals surface area contributed by atoms with Crippen molar-refractivity contribution in [1.29, 1.82) is 4.78 Å². The first-order chi connectivity index (χ1) is 11.9. The van der Waals surface area contributed by atoms with Gasteiger partial charge in [-0.25, -0.2) is 0 Å². The average molecular weight is 370 g/mol. The van der Waals surface area contributed by atoms with Crippen LogP contribution < -0.4 is 0 Å². The van der Waals surface area contributed by atoms with Gasteiger partial charge in [-0.15, -0.1) is 3.77 Å². The van der Waals surface area contributed by atoms with Crippen LogP contribution in [0.4, 0.5) is 0 Å². The number of nitrogens with one attached hydrogen (secondary N) is 1. The van der Waals surface area contributed by atoms with Crippen LogP contribution in [0, 0.1) is 11.7 Å². The van der Waals surface area contributed by atoms with Crippen molar-refractivity contribution < 1.29 is 8.42 Å². The molecule has 25 heavy (non-hydrogen) atoms. The Hall–Kier alpha value is -2.44. The van der Waals surface area contributed by atoms with Gasteiger partial charge in [0.25, 0.3) is 10.0 Å². The predicted octanol–water partition coefficient (Wildman–Crippen LogP) is 4.90. The lowest BCUT2D eigenvalue weighted by Crippen LogP contribution is -2.06. The number of hydrogen-bond donors (Lipinski definition) is 1. The van der Waals surface area contributed by atoms with Crippen LogP contribution in [-0.2, 0) is 19.6 Å².